The molecule has 18 heteroatoms. The summed E-state index contributed by atoms with van der Waals surface area (Å²) >= 11 is 16.0. The molecule has 2 atom stereocenters. The van der Waals surface area contributed by atoms with Gasteiger partial charge in [-0.15, -0.1) is 11.3 Å². The second-order valence-electron chi connectivity index (χ2n) is 17.4. The number of aromatic nitrogens is 4. The van der Waals surface area contributed by atoms with E-state index in [-0.39, 0.29) is 35.6 Å². The maximum atomic E-state index is 14.4. The summed E-state index contributed by atoms with van der Waals surface area (Å²) in [7, 11) is -0.567. The molecule has 68 heavy (non-hydrogen) atoms. The number of fused-ring (bicyclic) bond motifs is 7. The minimum absolute atomic E-state index is 0.00522. The molecule has 1 N–H and O–H groups in total. The van der Waals surface area contributed by atoms with E-state index in [9.17, 15) is 18.9 Å². The zero-order chi connectivity index (χ0) is 47.9. The molecule has 0 unspecified atom stereocenters. The van der Waals surface area contributed by atoms with Gasteiger partial charge in [-0.1, -0.05) is 59.6 Å². The van der Waals surface area contributed by atoms with Gasteiger partial charge in [0.2, 0.25) is 12.0 Å². The highest BCUT2D eigenvalue weighted by atomic mass is 35.5. The molecule has 1 saturated heterocycles. The largest absolute Gasteiger partial charge is 0.490 e. The van der Waals surface area contributed by atoms with Crippen molar-refractivity contribution in [3.8, 4) is 56.1 Å². The summed E-state index contributed by atoms with van der Waals surface area (Å²) in [5, 5.41) is 12.6. The van der Waals surface area contributed by atoms with Gasteiger partial charge in [0.15, 0.2) is 11.6 Å². The minimum Gasteiger partial charge on any atom is -0.490 e. The third-order valence-corrected chi connectivity index (χ3v) is 15.8. The van der Waals surface area contributed by atoms with Gasteiger partial charge in [-0.25, -0.2) is 29.1 Å². The van der Waals surface area contributed by atoms with Gasteiger partial charge in [0, 0.05) is 72.2 Å². The van der Waals surface area contributed by atoms with Crippen molar-refractivity contribution in [2.24, 2.45) is 0 Å². The van der Waals surface area contributed by atoms with E-state index in [1.165, 1.54) is 29.8 Å². The molecule has 0 aliphatic carbocycles. The number of likely N-dealkylation sites (N-methyl/N-ethyl adjacent to an activating group) is 1. The Labute approximate surface area is 407 Å². The summed E-state index contributed by atoms with van der Waals surface area (Å²) in [4.78, 5) is 37.6. The Kier molecular flexibility index (Phi) is 13.8. The first-order valence-electron chi connectivity index (χ1n) is 22.0. The maximum Gasteiger partial charge on any atom is 0.345 e. The van der Waals surface area contributed by atoms with E-state index in [1.54, 1.807) is 55.9 Å². The standard InChI is InChI=1S/C50H48Cl2FN6O7PS/c1-28-40-29(2)44(52)45(43(28)51)65-35(24-59-20-18-58(3)19-21-59)26-63-34-14-15-37(64-25-33-16-17-54-47(57-33)36-8-6-7-9-39(36)67(4,5)62)31(22-34)23-38(50(60)61)66-48-42-41(40)46(68-49(42)56-27-55-48)30-10-12-32(53)13-11-30/h6-17,22,27,35,38H,18-21,23-26H2,1-5H3,(H,60,61)/t35-,38-/m1/s1. The molecule has 3 aliphatic heterocycles. The van der Waals surface area contributed by atoms with Crippen molar-refractivity contribution in [2.45, 2.75) is 39.1 Å². The van der Waals surface area contributed by atoms with Crippen molar-refractivity contribution in [2.75, 3.05) is 59.7 Å². The van der Waals surface area contributed by atoms with Crippen LogP contribution in [0.15, 0.2) is 85.3 Å². The summed E-state index contributed by atoms with van der Waals surface area (Å²) in [6.07, 6.45) is 0.730. The number of benzene rings is 4. The fourth-order valence-electron chi connectivity index (χ4n) is 8.60. The molecule has 0 amide bonds. The van der Waals surface area contributed by atoms with Crippen LogP contribution in [0.1, 0.15) is 22.4 Å². The van der Waals surface area contributed by atoms with Crippen LogP contribution in [0.5, 0.6) is 23.1 Å². The first-order valence-corrected chi connectivity index (χ1v) is 26.1. The first-order chi connectivity index (χ1) is 32.6. The molecule has 352 valence electrons. The van der Waals surface area contributed by atoms with Crippen molar-refractivity contribution in [3.63, 3.8) is 0 Å². The number of ether oxygens (including phenoxy) is 4. The van der Waals surface area contributed by atoms with Crippen LogP contribution in [0, 0.1) is 19.7 Å². The molecule has 10 rings (SSSR count). The SMILES string of the molecule is Cc1c(Cl)c2c(Cl)c(C)c1-c1c(-c3ccc(F)cc3)sc3ncnc(c13)O[C@@H](C(=O)O)Cc1cc(ccc1OCc1ccnc(-c3ccccc3P(C)(C)=O)n1)OC[C@@H](CN1CCN(C)CC1)O2. The summed E-state index contributed by atoms with van der Waals surface area (Å²) < 4.78 is 53.9. The number of carbonyl (C=O) groups is 1. The minimum atomic E-state index is -2.66. The van der Waals surface area contributed by atoms with Crippen LogP contribution >= 0.6 is 41.7 Å². The van der Waals surface area contributed by atoms with Crippen LogP contribution < -0.4 is 24.3 Å². The van der Waals surface area contributed by atoms with Crippen LogP contribution in [-0.2, 0) is 22.4 Å². The van der Waals surface area contributed by atoms with E-state index in [2.05, 4.69) is 31.8 Å². The Hall–Kier alpha value is -5.67. The summed E-state index contributed by atoms with van der Waals surface area (Å²) in [6.45, 7) is 11.2. The lowest BCUT2D eigenvalue weighted by Gasteiger charge is -2.35. The number of carboxylic acid groups (broad SMARTS) is 1. The van der Waals surface area contributed by atoms with Gasteiger partial charge in [-0.3, -0.25) is 4.90 Å². The number of thiophene rings is 1. The predicted octanol–water partition coefficient (Wildman–Crippen LogP) is 9.83. The lowest BCUT2D eigenvalue weighted by molar-refractivity contribution is -0.145. The van der Waals surface area contributed by atoms with E-state index < -0.39 is 31.1 Å². The van der Waals surface area contributed by atoms with Crippen molar-refractivity contribution in [3.05, 3.63) is 124 Å². The number of nitrogens with zero attached hydrogens (tertiary/aromatic N) is 6. The molecule has 3 aromatic heterocycles. The monoisotopic (exact) mass is 996 g/mol. The average Bonchev–Trinajstić information content (AvgIpc) is 3.71. The lowest BCUT2D eigenvalue weighted by atomic mass is 9.92. The molecular weight excluding hydrogens is 950 g/mol. The smallest absolute Gasteiger partial charge is 0.345 e. The Bertz CT molecular complexity index is 3060. The highest BCUT2D eigenvalue weighted by molar-refractivity contribution is 7.70. The third kappa shape index (κ3) is 9.92. The Morgan fingerprint density at radius 1 is 0.941 bits per heavy atom. The average molecular weight is 998 g/mol. The van der Waals surface area contributed by atoms with Gasteiger partial charge in [0.1, 0.15) is 54.9 Å². The molecule has 7 aromatic rings. The van der Waals surface area contributed by atoms with Crippen LogP contribution in [-0.4, -0.2) is 113 Å². The van der Waals surface area contributed by atoms with Crippen molar-refractivity contribution in [1.29, 1.82) is 0 Å². The normalized spacial score (nSPS) is 17.0. The number of halogens is 3. The summed E-state index contributed by atoms with van der Waals surface area (Å²) in [5.41, 5.74) is 4.90. The van der Waals surface area contributed by atoms with E-state index in [0.29, 0.717) is 94.7 Å². The Morgan fingerprint density at radius 2 is 1.68 bits per heavy atom. The number of rotatable bonds is 9. The highest BCUT2D eigenvalue weighted by Gasteiger charge is 2.32. The van der Waals surface area contributed by atoms with Crippen LogP contribution in [0.2, 0.25) is 10.0 Å². The van der Waals surface area contributed by atoms with Gasteiger partial charge in [-0.05, 0) is 92.9 Å². The number of aliphatic carboxylic acids is 1. The molecule has 1 fully saturated rings. The summed E-state index contributed by atoms with van der Waals surface area (Å²) in [5.74, 6) is -0.136. The molecule has 0 spiro atoms. The molecule has 0 saturated carbocycles. The number of hydrogen-bond donors (Lipinski definition) is 1. The molecule has 4 bridgehead atoms. The second-order valence-corrected chi connectivity index (χ2v) is 22.3. The molecule has 4 aromatic carbocycles. The molecular formula is C50H48Cl2FN6O7PS. The third-order valence-electron chi connectivity index (χ3n) is 12.2. The fraction of sp³-hybridized carbons (Fsp3) is 0.300. The van der Waals surface area contributed by atoms with Crippen LogP contribution in [0.3, 0.4) is 0 Å². The lowest BCUT2D eigenvalue weighted by Crippen LogP contribution is -2.49. The van der Waals surface area contributed by atoms with E-state index in [4.69, 9.17) is 47.1 Å². The Balaban J connectivity index is 1.16. The fourth-order valence-corrected chi connectivity index (χ4v) is 11.5. The number of carboxylic acids is 1. The molecule has 3 aliphatic rings. The quantitative estimate of drug-likeness (QED) is 0.137. The molecule has 0 radical (unpaired) electrons. The second kappa shape index (κ2) is 19.7. The topological polar surface area (TPSA) is 149 Å². The van der Waals surface area contributed by atoms with Crippen LogP contribution in [0.25, 0.3) is 43.2 Å². The van der Waals surface area contributed by atoms with Crippen LogP contribution in [0.4, 0.5) is 4.39 Å². The highest BCUT2D eigenvalue weighted by Crippen LogP contribution is 2.53. The van der Waals surface area contributed by atoms with E-state index in [0.717, 1.165) is 26.2 Å². The Morgan fingerprint density at radius 3 is 2.40 bits per heavy atom. The maximum absolute atomic E-state index is 14.4. The van der Waals surface area contributed by atoms with Gasteiger partial charge in [-0.2, -0.15) is 0 Å². The zero-order valence-electron chi connectivity index (χ0n) is 38.0. The van der Waals surface area contributed by atoms with Crippen molar-refractivity contribution in [1.82, 2.24) is 29.7 Å². The van der Waals surface area contributed by atoms with Crippen molar-refractivity contribution < 1.29 is 37.8 Å². The van der Waals surface area contributed by atoms with E-state index in [1.807, 2.05) is 38.1 Å². The van der Waals surface area contributed by atoms with Gasteiger partial charge < -0.3 is 33.5 Å². The van der Waals surface area contributed by atoms with Gasteiger partial charge in [0.05, 0.1) is 21.1 Å². The predicted molar refractivity (Wildman–Crippen MR) is 265 cm³/mol. The first kappa shape index (κ1) is 47.4. The number of piperazine rings is 1. The van der Waals surface area contributed by atoms with Gasteiger partial charge >= 0.3 is 5.97 Å². The molecule has 13 nitrogen and oxygen atoms in total. The molecule has 6 heterocycles. The van der Waals surface area contributed by atoms with Gasteiger partial charge in [0.25, 0.3) is 0 Å². The summed E-state index contributed by atoms with van der Waals surface area (Å²) in [6, 6.07) is 20.4. The number of hydrogen-bond acceptors (Lipinski definition) is 13. The van der Waals surface area contributed by atoms with E-state index >= 15 is 0 Å². The zero-order valence-corrected chi connectivity index (χ0v) is 41.2. The van der Waals surface area contributed by atoms with Crippen molar-refractivity contribution >= 4 is 63.2 Å².